The van der Waals surface area contributed by atoms with E-state index in [1.165, 1.54) is 0 Å². The Morgan fingerprint density at radius 1 is 1.37 bits per heavy atom. The number of aryl methyl sites for hydroxylation is 2. The number of sulfonamides is 1. The quantitative estimate of drug-likeness (QED) is 0.916. The van der Waals surface area contributed by atoms with Crippen LogP contribution in [0, 0.1) is 13.8 Å². The predicted octanol–water partition coefficient (Wildman–Crippen LogP) is 1.79. The molecule has 6 heteroatoms. The first-order valence-electron chi connectivity index (χ1n) is 6.65. The number of nitrogens with one attached hydrogen (secondary N) is 1. The third-order valence-corrected chi connectivity index (χ3v) is 5.95. The van der Waals surface area contributed by atoms with E-state index in [1.54, 1.807) is 18.3 Å². The highest BCUT2D eigenvalue weighted by Gasteiger charge is 2.37. The van der Waals surface area contributed by atoms with E-state index in [9.17, 15) is 8.42 Å². The number of furan rings is 1. The SMILES string of the molecule is CNCc1c(C)oc(C)c1S(=O)(=O)N1CCCC1C. The summed E-state index contributed by atoms with van der Waals surface area (Å²) < 4.78 is 32.8. The monoisotopic (exact) mass is 286 g/mol. The average Bonchev–Trinajstić information content (AvgIpc) is 2.85. The van der Waals surface area contributed by atoms with Gasteiger partial charge >= 0.3 is 0 Å². The maximum absolute atomic E-state index is 12.8. The molecule has 0 amide bonds. The third-order valence-electron chi connectivity index (χ3n) is 3.74. The summed E-state index contributed by atoms with van der Waals surface area (Å²) in [5, 5.41) is 3.01. The van der Waals surface area contributed by atoms with E-state index in [2.05, 4.69) is 5.32 Å². The number of rotatable bonds is 4. The first-order valence-corrected chi connectivity index (χ1v) is 8.09. The summed E-state index contributed by atoms with van der Waals surface area (Å²) in [5.74, 6) is 1.17. The molecule has 0 saturated carbocycles. The lowest BCUT2D eigenvalue weighted by Gasteiger charge is -2.21. The molecule has 108 valence electrons. The third kappa shape index (κ3) is 2.44. The number of hydrogen-bond donors (Lipinski definition) is 1. The molecule has 1 saturated heterocycles. The second kappa shape index (κ2) is 5.26. The Bertz CT molecular complexity index is 563. The Balaban J connectivity index is 2.51. The molecule has 0 bridgehead atoms. The van der Waals surface area contributed by atoms with E-state index in [4.69, 9.17) is 4.42 Å². The lowest BCUT2D eigenvalue weighted by molar-refractivity contribution is 0.406. The van der Waals surface area contributed by atoms with E-state index >= 15 is 0 Å². The van der Waals surface area contributed by atoms with Gasteiger partial charge in [-0.3, -0.25) is 0 Å². The molecule has 0 radical (unpaired) electrons. The summed E-state index contributed by atoms with van der Waals surface area (Å²) in [7, 11) is -1.65. The van der Waals surface area contributed by atoms with Crippen molar-refractivity contribution in [1.29, 1.82) is 0 Å². The zero-order chi connectivity index (χ0) is 14.2. The molecule has 1 aromatic heterocycles. The van der Waals surface area contributed by atoms with Crippen LogP contribution in [0.25, 0.3) is 0 Å². The van der Waals surface area contributed by atoms with Gasteiger partial charge in [0.2, 0.25) is 10.0 Å². The van der Waals surface area contributed by atoms with Crippen molar-refractivity contribution in [2.75, 3.05) is 13.6 Å². The highest BCUT2D eigenvalue weighted by Crippen LogP contribution is 2.32. The van der Waals surface area contributed by atoms with E-state index < -0.39 is 10.0 Å². The molecule has 0 aliphatic carbocycles. The lowest BCUT2D eigenvalue weighted by Crippen LogP contribution is -2.34. The van der Waals surface area contributed by atoms with Gasteiger partial charge in [0, 0.05) is 24.7 Å². The van der Waals surface area contributed by atoms with Gasteiger partial charge in [-0.25, -0.2) is 8.42 Å². The fourth-order valence-electron chi connectivity index (χ4n) is 2.81. The first-order chi connectivity index (χ1) is 8.89. The van der Waals surface area contributed by atoms with E-state index in [0.717, 1.165) is 18.4 Å². The molecule has 19 heavy (non-hydrogen) atoms. The fraction of sp³-hybridized carbons (Fsp3) is 0.692. The Labute approximate surface area is 115 Å². The van der Waals surface area contributed by atoms with Gasteiger partial charge in [-0.2, -0.15) is 4.31 Å². The fourth-order valence-corrected chi connectivity index (χ4v) is 4.93. The molecular weight excluding hydrogens is 264 g/mol. The molecule has 2 heterocycles. The van der Waals surface area contributed by atoms with Gasteiger partial charge in [0.15, 0.2) is 0 Å². The molecule has 1 N–H and O–H groups in total. The van der Waals surface area contributed by atoms with Crippen molar-refractivity contribution < 1.29 is 12.8 Å². The van der Waals surface area contributed by atoms with Crippen molar-refractivity contribution in [1.82, 2.24) is 9.62 Å². The lowest BCUT2D eigenvalue weighted by atomic mass is 10.2. The van der Waals surface area contributed by atoms with Gasteiger partial charge < -0.3 is 9.73 Å². The van der Waals surface area contributed by atoms with Gasteiger partial charge in [0.05, 0.1) is 0 Å². The van der Waals surface area contributed by atoms with Crippen LogP contribution in [0.5, 0.6) is 0 Å². The molecule has 1 aromatic rings. The smallest absolute Gasteiger partial charge is 0.247 e. The summed E-state index contributed by atoms with van der Waals surface area (Å²) in [6.45, 7) is 6.60. The molecule has 0 aromatic carbocycles. The van der Waals surface area contributed by atoms with Crippen LogP contribution in [0.4, 0.5) is 0 Å². The van der Waals surface area contributed by atoms with Crippen LogP contribution in [0.15, 0.2) is 9.31 Å². The molecule has 1 fully saturated rings. The zero-order valence-corrected chi connectivity index (χ0v) is 12.8. The van der Waals surface area contributed by atoms with Crippen molar-refractivity contribution >= 4 is 10.0 Å². The van der Waals surface area contributed by atoms with Crippen LogP contribution in [-0.2, 0) is 16.6 Å². The molecule has 1 aliphatic heterocycles. The summed E-state index contributed by atoms with van der Waals surface area (Å²) >= 11 is 0. The second-order valence-corrected chi connectivity index (χ2v) is 6.99. The molecule has 2 rings (SSSR count). The van der Waals surface area contributed by atoms with Crippen LogP contribution >= 0.6 is 0 Å². The molecule has 0 spiro atoms. The van der Waals surface area contributed by atoms with Crippen LogP contribution < -0.4 is 5.32 Å². The Hall–Kier alpha value is -0.850. The van der Waals surface area contributed by atoms with Gasteiger partial charge in [-0.1, -0.05) is 0 Å². The highest BCUT2D eigenvalue weighted by molar-refractivity contribution is 7.89. The summed E-state index contributed by atoms with van der Waals surface area (Å²) in [6, 6.07) is 0.0713. The van der Waals surface area contributed by atoms with Crippen molar-refractivity contribution in [2.45, 2.75) is 51.1 Å². The van der Waals surface area contributed by atoms with E-state index in [0.29, 0.717) is 29.5 Å². The Kier molecular flexibility index (Phi) is 4.03. The number of hydrogen-bond acceptors (Lipinski definition) is 4. The zero-order valence-electron chi connectivity index (χ0n) is 12.0. The van der Waals surface area contributed by atoms with E-state index in [-0.39, 0.29) is 6.04 Å². The molecule has 1 unspecified atom stereocenters. The second-order valence-electron chi connectivity index (χ2n) is 5.16. The molecular formula is C13H22N2O3S. The summed E-state index contributed by atoms with van der Waals surface area (Å²) in [6.07, 6.45) is 1.86. The normalized spacial score (nSPS) is 21.2. The topological polar surface area (TPSA) is 62.6 Å². The predicted molar refractivity (Wildman–Crippen MR) is 73.5 cm³/mol. The molecule has 5 nitrogen and oxygen atoms in total. The molecule has 1 aliphatic rings. The summed E-state index contributed by atoms with van der Waals surface area (Å²) in [5.41, 5.74) is 0.749. The number of nitrogens with zero attached hydrogens (tertiary/aromatic N) is 1. The van der Waals surface area contributed by atoms with Gasteiger partial charge in [-0.05, 0) is 40.7 Å². The largest absolute Gasteiger partial charge is 0.465 e. The maximum Gasteiger partial charge on any atom is 0.247 e. The van der Waals surface area contributed by atoms with Gasteiger partial charge in [0.1, 0.15) is 16.4 Å². The maximum atomic E-state index is 12.8. The Morgan fingerprint density at radius 3 is 2.58 bits per heavy atom. The van der Waals surface area contributed by atoms with E-state index in [1.807, 2.05) is 13.8 Å². The van der Waals surface area contributed by atoms with Gasteiger partial charge in [-0.15, -0.1) is 0 Å². The minimum Gasteiger partial charge on any atom is -0.465 e. The first kappa shape index (κ1) is 14.6. The Morgan fingerprint density at radius 2 is 2.05 bits per heavy atom. The van der Waals surface area contributed by atoms with Crippen molar-refractivity contribution in [3.8, 4) is 0 Å². The minimum atomic E-state index is -3.45. The van der Waals surface area contributed by atoms with Crippen LogP contribution in [-0.4, -0.2) is 32.4 Å². The van der Waals surface area contributed by atoms with Crippen LogP contribution in [0.1, 0.15) is 36.8 Å². The highest BCUT2D eigenvalue weighted by atomic mass is 32.2. The molecule has 1 atom stereocenters. The van der Waals surface area contributed by atoms with Crippen molar-refractivity contribution in [3.05, 3.63) is 17.1 Å². The standard InChI is InChI=1S/C13H22N2O3S/c1-9-6-5-7-15(9)19(16,17)13-11(3)18-10(2)12(13)8-14-4/h9,14H,5-8H2,1-4H3. The van der Waals surface area contributed by atoms with Gasteiger partial charge in [0.25, 0.3) is 0 Å². The van der Waals surface area contributed by atoms with Crippen molar-refractivity contribution in [2.24, 2.45) is 0 Å². The van der Waals surface area contributed by atoms with Crippen LogP contribution in [0.2, 0.25) is 0 Å². The van der Waals surface area contributed by atoms with Crippen molar-refractivity contribution in [3.63, 3.8) is 0 Å². The average molecular weight is 286 g/mol. The minimum absolute atomic E-state index is 0.0713. The van der Waals surface area contributed by atoms with Crippen LogP contribution in [0.3, 0.4) is 0 Å². The summed E-state index contributed by atoms with van der Waals surface area (Å²) in [4.78, 5) is 0.355.